The largest absolute Gasteiger partial charge is 0.497 e. The molecule has 0 saturated carbocycles. The molecule has 7 nitrogen and oxygen atoms in total. The number of unbranched alkanes of at least 4 members (excludes halogenated alkanes) is 1. The molecule has 1 atom stereocenters. The number of ether oxygens (including phenoxy) is 1. The zero-order valence-corrected chi connectivity index (χ0v) is 26.0. The maximum absolute atomic E-state index is 13.8. The van der Waals surface area contributed by atoms with Gasteiger partial charge in [-0.2, -0.15) is 0 Å². The van der Waals surface area contributed by atoms with E-state index in [0.29, 0.717) is 11.3 Å². The van der Waals surface area contributed by atoms with E-state index in [0.717, 1.165) is 74.0 Å². The molecule has 1 aromatic heterocycles. The third-order valence-corrected chi connectivity index (χ3v) is 7.70. The van der Waals surface area contributed by atoms with Gasteiger partial charge in [-0.25, -0.2) is 4.98 Å². The Labute approximate surface area is 246 Å². The third kappa shape index (κ3) is 8.77. The van der Waals surface area contributed by atoms with Crippen LogP contribution in [0.3, 0.4) is 0 Å². The fourth-order valence-electron chi connectivity index (χ4n) is 4.95. The van der Waals surface area contributed by atoms with E-state index in [9.17, 15) is 9.59 Å². The van der Waals surface area contributed by atoms with Crippen LogP contribution in [0.1, 0.15) is 83.1 Å². The van der Waals surface area contributed by atoms with E-state index < -0.39 is 5.54 Å². The molecule has 1 heterocycles. The normalized spacial score (nSPS) is 12.4. The Hall–Kier alpha value is -3.45. The van der Waals surface area contributed by atoms with E-state index in [1.54, 1.807) is 21.0 Å². The molecule has 222 valence electrons. The van der Waals surface area contributed by atoms with Crippen molar-refractivity contribution >= 4 is 22.7 Å². The van der Waals surface area contributed by atoms with Gasteiger partial charge in [-0.15, -0.1) is 0 Å². The predicted molar refractivity (Wildman–Crippen MR) is 169 cm³/mol. The molecule has 0 bridgehead atoms. The van der Waals surface area contributed by atoms with Crippen LogP contribution in [0.15, 0.2) is 48.5 Å². The van der Waals surface area contributed by atoms with Crippen molar-refractivity contribution in [1.82, 2.24) is 20.5 Å². The molecule has 3 rings (SSSR count). The van der Waals surface area contributed by atoms with Gasteiger partial charge in [0.2, 0.25) is 5.91 Å². The maximum atomic E-state index is 13.8. The summed E-state index contributed by atoms with van der Waals surface area (Å²) in [6.07, 6.45) is 5.00. The number of carbonyl (C=O) groups excluding carboxylic acids is 2. The van der Waals surface area contributed by atoms with Crippen molar-refractivity contribution in [3.8, 4) is 17.0 Å². The molecular weight excluding hydrogens is 512 g/mol. The summed E-state index contributed by atoms with van der Waals surface area (Å²) in [4.78, 5) is 34.4. The number of nitrogens with one attached hydrogen (secondary N) is 2. The average molecular weight is 561 g/mol. The Morgan fingerprint density at radius 1 is 1.00 bits per heavy atom. The number of fused-ring (bicyclic) bond motifs is 1. The minimum absolute atomic E-state index is 0.0128. The van der Waals surface area contributed by atoms with Crippen LogP contribution >= 0.6 is 0 Å². The van der Waals surface area contributed by atoms with Crippen LogP contribution in [0.5, 0.6) is 5.75 Å². The number of amides is 2. The van der Waals surface area contributed by atoms with E-state index >= 15 is 0 Å². The number of nitrogens with zero attached hydrogens (tertiary/aromatic N) is 2. The zero-order valence-electron chi connectivity index (χ0n) is 26.0. The molecular formula is C34H48N4O3. The summed E-state index contributed by atoms with van der Waals surface area (Å²) < 4.78 is 5.30. The Morgan fingerprint density at radius 3 is 2.34 bits per heavy atom. The number of carbonyl (C=O) groups is 2. The maximum Gasteiger partial charge on any atom is 0.252 e. The summed E-state index contributed by atoms with van der Waals surface area (Å²) in [6, 6.07) is 15.6. The Kier molecular flexibility index (Phi) is 11.7. The second-order valence-electron chi connectivity index (χ2n) is 11.4. The summed E-state index contributed by atoms with van der Waals surface area (Å²) in [5, 5.41) is 6.91. The number of benzene rings is 2. The van der Waals surface area contributed by atoms with Crippen molar-refractivity contribution < 1.29 is 14.3 Å². The van der Waals surface area contributed by atoms with Gasteiger partial charge in [0.1, 0.15) is 11.3 Å². The fraction of sp³-hybridized carbons (Fsp3) is 0.500. The molecule has 3 aromatic rings. The highest BCUT2D eigenvalue weighted by Crippen LogP contribution is 2.28. The SMILES string of the molecule is CCCCc1ccc2nc(-c3ccc(OC)cc3)cc(C(=O)NC(C)(C)C(=O)NC(C)CCCN(CC)CC)c2c1. The van der Waals surface area contributed by atoms with Crippen LogP contribution in [-0.2, 0) is 11.2 Å². The van der Waals surface area contributed by atoms with Gasteiger partial charge in [-0.3, -0.25) is 9.59 Å². The quantitative estimate of drug-likeness (QED) is 0.225. The molecule has 2 amide bonds. The molecule has 0 saturated heterocycles. The highest BCUT2D eigenvalue weighted by atomic mass is 16.5. The van der Waals surface area contributed by atoms with Gasteiger partial charge in [0, 0.05) is 17.0 Å². The number of hydrogen-bond acceptors (Lipinski definition) is 5. The lowest BCUT2D eigenvalue weighted by molar-refractivity contribution is -0.126. The lowest BCUT2D eigenvalue weighted by Gasteiger charge is -2.28. The number of rotatable bonds is 15. The van der Waals surface area contributed by atoms with E-state index in [2.05, 4.69) is 48.4 Å². The first-order chi connectivity index (χ1) is 19.6. The van der Waals surface area contributed by atoms with Crippen molar-refractivity contribution in [2.45, 2.75) is 85.2 Å². The standard InChI is InChI=1S/C34H48N4O3/c1-8-11-14-25-15-20-30-28(22-25)29(23-31(36-30)26-16-18-27(41-7)19-17-26)32(39)37-34(5,6)33(40)35-24(4)13-12-21-38(9-2)10-3/h15-20,22-24H,8-14,21H2,1-7H3,(H,35,40)(H,37,39). The molecule has 2 aromatic carbocycles. The molecule has 0 aliphatic heterocycles. The highest BCUT2D eigenvalue weighted by Gasteiger charge is 2.31. The van der Waals surface area contributed by atoms with E-state index in [1.807, 2.05) is 43.3 Å². The zero-order chi connectivity index (χ0) is 30.0. The van der Waals surface area contributed by atoms with Crippen LogP contribution in [0.2, 0.25) is 0 Å². The summed E-state index contributed by atoms with van der Waals surface area (Å²) in [7, 11) is 1.63. The van der Waals surface area contributed by atoms with Crippen LogP contribution in [0.4, 0.5) is 0 Å². The Balaban J connectivity index is 1.85. The van der Waals surface area contributed by atoms with Gasteiger partial charge in [0.25, 0.3) is 5.91 Å². The minimum Gasteiger partial charge on any atom is -0.497 e. The summed E-state index contributed by atoms with van der Waals surface area (Å²) in [5.74, 6) is 0.260. The summed E-state index contributed by atoms with van der Waals surface area (Å²) >= 11 is 0. The monoisotopic (exact) mass is 560 g/mol. The van der Waals surface area contributed by atoms with Crippen molar-refractivity contribution in [2.24, 2.45) is 0 Å². The van der Waals surface area contributed by atoms with E-state index in [-0.39, 0.29) is 17.9 Å². The molecule has 0 aliphatic carbocycles. The molecule has 1 unspecified atom stereocenters. The first kappa shape index (κ1) is 32.1. The van der Waals surface area contributed by atoms with Gasteiger partial charge < -0.3 is 20.3 Å². The lowest BCUT2D eigenvalue weighted by Crippen LogP contribution is -2.56. The van der Waals surface area contributed by atoms with Gasteiger partial charge >= 0.3 is 0 Å². The number of methoxy groups -OCH3 is 1. The third-order valence-electron chi connectivity index (χ3n) is 7.70. The Morgan fingerprint density at radius 2 is 1.71 bits per heavy atom. The topological polar surface area (TPSA) is 83.6 Å². The number of pyridine rings is 1. The molecule has 0 radical (unpaired) electrons. The van der Waals surface area contributed by atoms with Crippen LogP contribution in [-0.4, -0.2) is 60.0 Å². The average Bonchev–Trinajstić information content (AvgIpc) is 2.97. The van der Waals surface area contributed by atoms with Crippen molar-refractivity contribution in [2.75, 3.05) is 26.7 Å². The van der Waals surface area contributed by atoms with Crippen LogP contribution in [0.25, 0.3) is 22.2 Å². The first-order valence-corrected chi connectivity index (χ1v) is 15.1. The van der Waals surface area contributed by atoms with Gasteiger partial charge in [0.05, 0.1) is 23.9 Å². The molecule has 7 heteroatoms. The van der Waals surface area contributed by atoms with Gasteiger partial charge in [0.15, 0.2) is 0 Å². The number of hydrogen-bond donors (Lipinski definition) is 2. The predicted octanol–water partition coefficient (Wildman–Crippen LogP) is 6.39. The van der Waals surface area contributed by atoms with Gasteiger partial charge in [-0.1, -0.05) is 33.3 Å². The van der Waals surface area contributed by atoms with E-state index in [4.69, 9.17) is 9.72 Å². The number of aryl methyl sites for hydroxylation is 1. The minimum atomic E-state index is -1.10. The van der Waals surface area contributed by atoms with Crippen LogP contribution < -0.4 is 15.4 Å². The second-order valence-corrected chi connectivity index (χ2v) is 11.4. The highest BCUT2D eigenvalue weighted by molar-refractivity contribution is 6.09. The fourth-order valence-corrected chi connectivity index (χ4v) is 4.95. The van der Waals surface area contributed by atoms with Gasteiger partial charge in [-0.05, 0) is 114 Å². The molecule has 41 heavy (non-hydrogen) atoms. The molecule has 0 spiro atoms. The summed E-state index contributed by atoms with van der Waals surface area (Å²) in [5.41, 5.74) is 2.89. The van der Waals surface area contributed by atoms with Crippen molar-refractivity contribution in [3.05, 3.63) is 59.7 Å². The smallest absolute Gasteiger partial charge is 0.252 e. The van der Waals surface area contributed by atoms with Crippen molar-refractivity contribution in [3.63, 3.8) is 0 Å². The second kappa shape index (κ2) is 15.0. The van der Waals surface area contributed by atoms with Crippen LogP contribution in [0, 0.1) is 0 Å². The number of aromatic nitrogens is 1. The molecule has 0 aliphatic rings. The van der Waals surface area contributed by atoms with E-state index in [1.165, 1.54) is 5.56 Å². The Bertz CT molecular complexity index is 1300. The van der Waals surface area contributed by atoms with Crippen molar-refractivity contribution in [1.29, 1.82) is 0 Å². The molecule has 0 fully saturated rings. The summed E-state index contributed by atoms with van der Waals surface area (Å²) in [6.45, 7) is 15.1. The lowest BCUT2D eigenvalue weighted by atomic mass is 9.98. The first-order valence-electron chi connectivity index (χ1n) is 15.1. The molecule has 2 N–H and O–H groups in total.